The molecule has 0 atom stereocenters. The number of anilines is 2. The first-order valence-corrected chi connectivity index (χ1v) is 8.54. The normalized spacial score (nSPS) is 15.7. The molecule has 1 aliphatic rings. The molecule has 0 spiro atoms. The minimum atomic E-state index is -0.105. The van der Waals surface area contributed by atoms with E-state index in [-0.39, 0.29) is 11.8 Å². The van der Waals surface area contributed by atoms with Gasteiger partial charge in [-0.25, -0.2) is 0 Å². The van der Waals surface area contributed by atoms with E-state index in [1.165, 1.54) is 45.4 Å². The number of rotatable bonds is 6. The summed E-state index contributed by atoms with van der Waals surface area (Å²) in [6, 6.07) is 7.72. The summed E-state index contributed by atoms with van der Waals surface area (Å²) in [6.45, 7) is 2.19. The maximum atomic E-state index is 12.0. The summed E-state index contributed by atoms with van der Waals surface area (Å²) in [6.07, 6.45) is 8.21. The quantitative estimate of drug-likeness (QED) is 0.705. The molecule has 5 heteroatoms. The van der Waals surface area contributed by atoms with Crippen molar-refractivity contribution in [2.24, 2.45) is 0 Å². The van der Waals surface area contributed by atoms with Crippen molar-refractivity contribution in [2.45, 2.75) is 57.9 Å². The average molecular weight is 317 g/mol. The van der Waals surface area contributed by atoms with Crippen LogP contribution < -0.4 is 16.0 Å². The van der Waals surface area contributed by atoms with Gasteiger partial charge >= 0.3 is 0 Å². The van der Waals surface area contributed by atoms with Crippen molar-refractivity contribution >= 4 is 23.2 Å². The third-order valence-electron chi connectivity index (χ3n) is 4.13. The molecular formula is C18H27N3O2. The first-order chi connectivity index (χ1) is 11.1. The summed E-state index contributed by atoms with van der Waals surface area (Å²) < 4.78 is 0. The zero-order valence-corrected chi connectivity index (χ0v) is 13.9. The second-order valence-corrected chi connectivity index (χ2v) is 6.20. The first kappa shape index (κ1) is 17.5. The third-order valence-corrected chi connectivity index (χ3v) is 4.13. The molecule has 2 rings (SSSR count). The SMILES string of the molecule is CC(=O)Nc1ccc(NC(=O)CCNC2CCCCCC2)cc1. The Hall–Kier alpha value is -1.88. The molecule has 5 nitrogen and oxygen atoms in total. The summed E-state index contributed by atoms with van der Waals surface area (Å²) in [5.74, 6) is -0.0928. The fourth-order valence-electron chi connectivity index (χ4n) is 2.94. The highest BCUT2D eigenvalue weighted by molar-refractivity contribution is 5.92. The lowest BCUT2D eigenvalue weighted by atomic mass is 10.1. The molecule has 1 aromatic rings. The Kier molecular flexibility index (Phi) is 7.07. The molecular weight excluding hydrogens is 290 g/mol. The molecule has 0 radical (unpaired) electrons. The Morgan fingerprint density at radius 1 is 0.957 bits per heavy atom. The van der Waals surface area contributed by atoms with Crippen molar-refractivity contribution < 1.29 is 9.59 Å². The molecule has 0 unspecified atom stereocenters. The number of hydrogen-bond acceptors (Lipinski definition) is 3. The molecule has 1 fully saturated rings. The van der Waals surface area contributed by atoms with E-state index in [4.69, 9.17) is 0 Å². The van der Waals surface area contributed by atoms with Gasteiger partial charge in [-0.15, -0.1) is 0 Å². The van der Waals surface area contributed by atoms with Gasteiger partial charge < -0.3 is 16.0 Å². The number of hydrogen-bond donors (Lipinski definition) is 3. The van der Waals surface area contributed by atoms with Crippen LogP contribution >= 0.6 is 0 Å². The minimum absolute atomic E-state index is 0.0124. The molecule has 0 aromatic heterocycles. The first-order valence-electron chi connectivity index (χ1n) is 8.54. The zero-order valence-electron chi connectivity index (χ0n) is 13.9. The number of nitrogens with one attached hydrogen (secondary N) is 3. The zero-order chi connectivity index (χ0) is 16.5. The number of benzene rings is 1. The van der Waals surface area contributed by atoms with Gasteiger partial charge in [-0.1, -0.05) is 25.7 Å². The fourth-order valence-corrected chi connectivity index (χ4v) is 2.94. The smallest absolute Gasteiger partial charge is 0.225 e. The lowest BCUT2D eigenvalue weighted by Gasteiger charge is -2.15. The Morgan fingerprint density at radius 2 is 1.52 bits per heavy atom. The van der Waals surface area contributed by atoms with Crippen molar-refractivity contribution in [3.8, 4) is 0 Å². The Bertz CT molecular complexity index is 506. The molecule has 0 saturated heterocycles. The van der Waals surface area contributed by atoms with E-state index in [1.807, 2.05) is 0 Å². The monoisotopic (exact) mass is 317 g/mol. The van der Waals surface area contributed by atoms with Crippen molar-refractivity contribution in [3.63, 3.8) is 0 Å². The van der Waals surface area contributed by atoms with Gasteiger partial charge in [0.05, 0.1) is 0 Å². The number of amides is 2. The summed E-state index contributed by atoms with van der Waals surface area (Å²) in [7, 11) is 0. The fraction of sp³-hybridized carbons (Fsp3) is 0.556. The lowest BCUT2D eigenvalue weighted by molar-refractivity contribution is -0.116. The molecule has 1 saturated carbocycles. The summed E-state index contributed by atoms with van der Waals surface area (Å²) in [5.41, 5.74) is 1.48. The van der Waals surface area contributed by atoms with Crippen LogP contribution in [0.5, 0.6) is 0 Å². The summed E-state index contributed by atoms with van der Waals surface area (Å²) in [4.78, 5) is 22.9. The maximum absolute atomic E-state index is 12.0. The van der Waals surface area contributed by atoms with Crippen molar-refractivity contribution in [1.82, 2.24) is 5.32 Å². The second-order valence-electron chi connectivity index (χ2n) is 6.20. The van der Waals surface area contributed by atoms with Gasteiger partial charge in [-0.3, -0.25) is 9.59 Å². The highest BCUT2D eigenvalue weighted by atomic mass is 16.2. The van der Waals surface area contributed by atoms with Crippen molar-refractivity contribution in [3.05, 3.63) is 24.3 Å². The van der Waals surface area contributed by atoms with E-state index < -0.39 is 0 Å². The number of carbonyl (C=O) groups excluding carboxylic acids is 2. The van der Waals surface area contributed by atoms with Gasteiger partial charge in [0.15, 0.2) is 0 Å². The van der Waals surface area contributed by atoms with Crippen LogP contribution in [0.15, 0.2) is 24.3 Å². The minimum Gasteiger partial charge on any atom is -0.326 e. The lowest BCUT2D eigenvalue weighted by Crippen LogP contribution is -2.31. The predicted molar refractivity (Wildman–Crippen MR) is 93.5 cm³/mol. The molecule has 1 aliphatic carbocycles. The number of carbonyl (C=O) groups is 2. The van der Waals surface area contributed by atoms with Crippen LogP contribution in [0.3, 0.4) is 0 Å². The van der Waals surface area contributed by atoms with Gasteiger partial charge in [0.2, 0.25) is 11.8 Å². The predicted octanol–water partition coefficient (Wildman–Crippen LogP) is 3.29. The van der Waals surface area contributed by atoms with Crippen LogP contribution in [0.25, 0.3) is 0 Å². The van der Waals surface area contributed by atoms with E-state index >= 15 is 0 Å². The topological polar surface area (TPSA) is 70.2 Å². The van der Waals surface area contributed by atoms with Crippen LogP contribution in [-0.4, -0.2) is 24.4 Å². The van der Waals surface area contributed by atoms with Crippen LogP contribution in [0.2, 0.25) is 0 Å². The van der Waals surface area contributed by atoms with Crippen LogP contribution in [0.4, 0.5) is 11.4 Å². The maximum Gasteiger partial charge on any atom is 0.225 e. The van der Waals surface area contributed by atoms with E-state index in [9.17, 15) is 9.59 Å². The molecule has 0 heterocycles. The average Bonchev–Trinajstić information content (AvgIpc) is 2.77. The van der Waals surface area contributed by atoms with E-state index in [0.29, 0.717) is 12.5 Å². The van der Waals surface area contributed by atoms with Gasteiger partial charge in [0.25, 0.3) is 0 Å². The Labute approximate surface area is 138 Å². The molecule has 3 N–H and O–H groups in total. The standard InChI is InChI=1S/C18H27N3O2/c1-14(22)20-16-8-10-17(11-9-16)21-18(23)12-13-19-15-6-4-2-3-5-7-15/h8-11,15,19H,2-7,12-13H2,1H3,(H,20,22)(H,21,23). The molecule has 23 heavy (non-hydrogen) atoms. The largest absolute Gasteiger partial charge is 0.326 e. The molecule has 0 bridgehead atoms. The van der Waals surface area contributed by atoms with Crippen molar-refractivity contribution in [2.75, 3.05) is 17.2 Å². The van der Waals surface area contributed by atoms with E-state index in [0.717, 1.165) is 17.9 Å². The summed E-state index contributed by atoms with van der Waals surface area (Å²) >= 11 is 0. The molecule has 2 amide bonds. The van der Waals surface area contributed by atoms with Gasteiger partial charge in [0.1, 0.15) is 0 Å². The van der Waals surface area contributed by atoms with Crippen LogP contribution in [0, 0.1) is 0 Å². The molecule has 126 valence electrons. The Morgan fingerprint density at radius 3 is 2.09 bits per heavy atom. The van der Waals surface area contributed by atoms with Gasteiger partial charge in [-0.05, 0) is 37.1 Å². The molecule has 0 aliphatic heterocycles. The van der Waals surface area contributed by atoms with Gasteiger partial charge in [-0.2, -0.15) is 0 Å². The van der Waals surface area contributed by atoms with Crippen LogP contribution in [0.1, 0.15) is 51.9 Å². The highest BCUT2D eigenvalue weighted by Crippen LogP contribution is 2.17. The van der Waals surface area contributed by atoms with Crippen molar-refractivity contribution in [1.29, 1.82) is 0 Å². The van der Waals surface area contributed by atoms with Crippen LogP contribution in [-0.2, 0) is 9.59 Å². The van der Waals surface area contributed by atoms with E-state index in [1.54, 1.807) is 24.3 Å². The highest BCUT2D eigenvalue weighted by Gasteiger charge is 2.11. The summed E-state index contributed by atoms with van der Waals surface area (Å²) in [5, 5.41) is 9.08. The van der Waals surface area contributed by atoms with Gasteiger partial charge in [0, 0.05) is 37.3 Å². The second kappa shape index (κ2) is 9.30. The van der Waals surface area contributed by atoms with E-state index in [2.05, 4.69) is 16.0 Å². The third kappa shape index (κ3) is 6.82. The molecule has 1 aromatic carbocycles. The Balaban J connectivity index is 1.68.